The van der Waals surface area contributed by atoms with Crippen LogP contribution in [-0.2, 0) is 24.5 Å². The molecular formula is C65H70N8O10. The molecule has 4 heterocycles. The van der Waals surface area contributed by atoms with Gasteiger partial charge in [0.05, 0.1) is 13.2 Å². The molecule has 18 heteroatoms. The monoisotopic (exact) mass is 1120 g/mol. The van der Waals surface area contributed by atoms with Crippen LogP contribution in [0.15, 0.2) is 153 Å². The van der Waals surface area contributed by atoms with Gasteiger partial charge in [-0.1, -0.05) is 104 Å². The zero-order valence-electron chi connectivity index (χ0n) is 47.3. The Morgan fingerprint density at radius 3 is 1.10 bits per heavy atom. The lowest BCUT2D eigenvalue weighted by molar-refractivity contribution is -0.146. The number of nitrogens with zero attached hydrogens (tertiary/aromatic N) is 8. The number of fused-ring (bicyclic) bond motifs is 3. The highest BCUT2D eigenvalue weighted by Gasteiger charge is 2.42. The first-order valence-corrected chi connectivity index (χ1v) is 28.7. The summed E-state index contributed by atoms with van der Waals surface area (Å²) in [5.74, 6) is 2.72. The molecule has 430 valence electrons. The van der Waals surface area contributed by atoms with E-state index in [1.165, 1.54) is 11.1 Å². The van der Waals surface area contributed by atoms with Crippen molar-refractivity contribution in [3.05, 3.63) is 147 Å². The molecule has 18 nitrogen and oxygen atoms in total. The SMILES string of the molecule is C=CC(C=C)OC(=O)CCCCCCCOc1ccc(-c2nnc(-c3nnc(-c4ccc5c(c4)C(CCC)(CCC)c4cc(-c6nnc(-c7nnc(-c8ccc(OCCCCCCCC(=O)OC(C=C)C=C)cc8)o7)o6)ccc4-5)o3)o2)cc1. The van der Waals surface area contributed by atoms with E-state index >= 15 is 0 Å². The van der Waals surface area contributed by atoms with E-state index in [0.29, 0.717) is 49.6 Å². The third-order valence-corrected chi connectivity index (χ3v) is 14.5. The summed E-state index contributed by atoms with van der Waals surface area (Å²) in [4.78, 5) is 23.9. The van der Waals surface area contributed by atoms with E-state index in [-0.39, 0.29) is 40.9 Å². The standard InChI is InChI=1S/C65H70N8O10/c1-7-37-65(38-8-2)53-41-45(59-68-72-63(82-59)61-70-66-57(80-61)43-25-31-49(32-26-43)76-39-21-17-13-15-19-23-55(74)78-47(9-3)10-4)29-35-51(53)52-36-30-46(42-54(52)65)60-69-73-64(83-60)62-71-67-58(81-62)44-27-33-50(34-28-44)77-40-22-18-14-16-20-24-56(75)79-48(11-5)12-6/h9-12,25-36,41-42,47-48H,3-8,13-24,37-40H2,1-2H3. The van der Waals surface area contributed by atoms with Gasteiger partial charge in [0.25, 0.3) is 0 Å². The van der Waals surface area contributed by atoms with Gasteiger partial charge in [0.2, 0.25) is 23.6 Å². The maximum absolute atomic E-state index is 11.9. The minimum absolute atomic E-state index is 0.110. The number of hydrogen-bond donors (Lipinski definition) is 0. The quantitative estimate of drug-likeness (QED) is 0.0207. The summed E-state index contributed by atoms with van der Waals surface area (Å²) in [6, 6.07) is 27.6. The van der Waals surface area contributed by atoms with Gasteiger partial charge >= 0.3 is 35.5 Å². The van der Waals surface area contributed by atoms with Gasteiger partial charge in [-0.25, -0.2) is 0 Å². The Bertz CT molecular complexity index is 3220. The fourth-order valence-electron chi connectivity index (χ4n) is 10.4. The van der Waals surface area contributed by atoms with Crippen LogP contribution in [0.25, 0.3) is 80.5 Å². The maximum atomic E-state index is 11.9. The summed E-state index contributed by atoms with van der Waals surface area (Å²) in [5.41, 5.74) is 7.32. The number of esters is 2. The van der Waals surface area contributed by atoms with Crippen LogP contribution in [0.5, 0.6) is 11.5 Å². The predicted octanol–water partition coefficient (Wildman–Crippen LogP) is 15.1. The second-order valence-corrected chi connectivity index (χ2v) is 20.4. The first-order chi connectivity index (χ1) is 40.6. The molecule has 4 aromatic heterocycles. The Hall–Kier alpha value is -9.06. The van der Waals surface area contributed by atoms with Crippen molar-refractivity contribution < 1.29 is 46.2 Å². The van der Waals surface area contributed by atoms with Crippen molar-refractivity contribution in [1.82, 2.24) is 40.8 Å². The van der Waals surface area contributed by atoms with Gasteiger partial charge in [0.15, 0.2) is 0 Å². The first kappa shape index (κ1) is 58.6. The molecule has 83 heavy (non-hydrogen) atoms. The summed E-state index contributed by atoms with van der Waals surface area (Å²) in [5, 5.41) is 34.5. The van der Waals surface area contributed by atoms with Gasteiger partial charge in [-0.3, -0.25) is 9.59 Å². The molecule has 0 unspecified atom stereocenters. The number of rotatable bonds is 34. The van der Waals surface area contributed by atoms with Crippen molar-refractivity contribution in [2.24, 2.45) is 0 Å². The lowest BCUT2D eigenvalue weighted by Crippen LogP contribution is -2.25. The predicted molar refractivity (Wildman–Crippen MR) is 313 cm³/mol. The average Bonchev–Trinajstić information content (AvgIpc) is 3.95. The molecule has 8 aromatic rings. The number of aromatic nitrogens is 8. The lowest BCUT2D eigenvalue weighted by atomic mass is 9.71. The zero-order chi connectivity index (χ0) is 58.0. The Morgan fingerprint density at radius 1 is 0.434 bits per heavy atom. The summed E-state index contributed by atoms with van der Waals surface area (Å²) in [7, 11) is 0. The number of carbonyl (C=O) groups excluding carboxylic acids is 2. The topological polar surface area (TPSA) is 227 Å². The highest BCUT2D eigenvalue weighted by Crippen LogP contribution is 2.55. The molecule has 0 fully saturated rings. The van der Waals surface area contributed by atoms with Crippen molar-refractivity contribution in [3.8, 4) is 92.0 Å². The van der Waals surface area contributed by atoms with Gasteiger partial charge in [-0.15, -0.1) is 40.8 Å². The minimum Gasteiger partial charge on any atom is -0.494 e. The summed E-state index contributed by atoms with van der Waals surface area (Å²) < 4.78 is 47.0. The third-order valence-electron chi connectivity index (χ3n) is 14.5. The zero-order valence-corrected chi connectivity index (χ0v) is 47.3. The van der Waals surface area contributed by atoms with Crippen LogP contribution in [0.4, 0.5) is 0 Å². The van der Waals surface area contributed by atoms with Crippen LogP contribution < -0.4 is 9.47 Å². The van der Waals surface area contributed by atoms with Crippen LogP contribution in [0.3, 0.4) is 0 Å². The molecule has 0 saturated carbocycles. The van der Waals surface area contributed by atoms with Crippen molar-refractivity contribution in [1.29, 1.82) is 0 Å². The molecule has 1 aliphatic rings. The Labute approximate surface area is 483 Å². The van der Waals surface area contributed by atoms with E-state index in [4.69, 9.17) is 36.6 Å². The van der Waals surface area contributed by atoms with Gasteiger partial charge in [-0.05, 0) is 158 Å². The highest BCUT2D eigenvalue weighted by molar-refractivity contribution is 5.85. The van der Waals surface area contributed by atoms with Gasteiger partial charge in [0.1, 0.15) is 23.7 Å². The van der Waals surface area contributed by atoms with Gasteiger partial charge in [-0.2, -0.15) is 0 Å². The molecule has 0 saturated heterocycles. The second-order valence-electron chi connectivity index (χ2n) is 20.4. The largest absolute Gasteiger partial charge is 0.494 e. The number of ether oxygens (including phenoxy) is 4. The van der Waals surface area contributed by atoms with E-state index in [9.17, 15) is 9.59 Å². The summed E-state index contributed by atoms with van der Waals surface area (Å²) in [6.45, 7) is 20.1. The molecule has 9 rings (SSSR count). The van der Waals surface area contributed by atoms with Gasteiger partial charge < -0.3 is 36.6 Å². The number of hydrogen-bond acceptors (Lipinski definition) is 18. The number of carbonyl (C=O) groups is 2. The molecule has 4 aromatic carbocycles. The van der Waals surface area contributed by atoms with Crippen molar-refractivity contribution in [2.45, 2.75) is 134 Å². The van der Waals surface area contributed by atoms with E-state index < -0.39 is 12.2 Å². The lowest BCUT2D eigenvalue weighted by Gasteiger charge is -2.32. The Morgan fingerprint density at radius 2 is 0.747 bits per heavy atom. The Kier molecular flexibility index (Phi) is 20.2. The molecular weight excluding hydrogens is 1050 g/mol. The molecule has 0 radical (unpaired) electrons. The summed E-state index contributed by atoms with van der Waals surface area (Å²) >= 11 is 0. The van der Waals surface area contributed by atoms with Crippen LogP contribution in [-0.4, -0.2) is 78.1 Å². The van der Waals surface area contributed by atoms with Crippen molar-refractivity contribution in [2.75, 3.05) is 13.2 Å². The second kappa shape index (κ2) is 28.6. The minimum atomic E-state index is -0.441. The van der Waals surface area contributed by atoms with E-state index in [2.05, 4.69) is 105 Å². The van der Waals surface area contributed by atoms with Gasteiger partial charge in [0, 0.05) is 40.5 Å². The third kappa shape index (κ3) is 14.5. The van der Waals surface area contributed by atoms with Crippen LogP contribution in [0.1, 0.15) is 128 Å². The molecule has 0 spiro atoms. The molecule has 0 aliphatic heterocycles. The average molecular weight is 1120 g/mol. The smallest absolute Gasteiger partial charge is 0.306 e. The summed E-state index contributed by atoms with van der Waals surface area (Å²) in [6.07, 6.45) is 19.0. The van der Waals surface area contributed by atoms with Crippen LogP contribution >= 0.6 is 0 Å². The van der Waals surface area contributed by atoms with Crippen LogP contribution in [0.2, 0.25) is 0 Å². The number of unbranched alkanes of at least 4 members (excludes halogenated alkanes) is 8. The molecule has 0 atom stereocenters. The Balaban J connectivity index is 0.780. The fraction of sp³-hybridized carbons (Fsp3) is 0.354. The first-order valence-electron chi connectivity index (χ1n) is 28.7. The highest BCUT2D eigenvalue weighted by atomic mass is 16.5. The van der Waals surface area contributed by atoms with E-state index in [0.717, 1.165) is 135 Å². The van der Waals surface area contributed by atoms with Crippen molar-refractivity contribution >= 4 is 11.9 Å². The van der Waals surface area contributed by atoms with Crippen molar-refractivity contribution in [3.63, 3.8) is 0 Å². The molecule has 0 bridgehead atoms. The normalized spacial score (nSPS) is 12.2. The maximum Gasteiger partial charge on any atom is 0.306 e. The number of benzene rings is 4. The fourth-order valence-corrected chi connectivity index (χ4v) is 10.4. The van der Waals surface area contributed by atoms with E-state index in [1.807, 2.05) is 60.7 Å². The van der Waals surface area contributed by atoms with Crippen LogP contribution in [0, 0.1) is 0 Å². The van der Waals surface area contributed by atoms with E-state index in [1.54, 1.807) is 24.3 Å². The molecule has 0 amide bonds. The molecule has 1 aliphatic carbocycles. The molecule has 0 N–H and O–H groups in total.